The van der Waals surface area contributed by atoms with Crippen LogP contribution in [-0.2, 0) is 32.5 Å². The molecule has 8 aromatic rings. The molecule has 2 saturated carbocycles. The van der Waals surface area contributed by atoms with Gasteiger partial charge in [-0.25, -0.2) is 0 Å². The average molecular weight is 1060 g/mol. The third kappa shape index (κ3) is 6.96. The van der Waals surface area contributed by atoms with Crippen molar-refractivity contribution in [3.63, 3.8) is 0 Å². The Labute approximate surface area is 477 Å². The topological polar surface area (TPSA) is 9.72 Å². The number of hydrogen-bond donors (Lipinski definition) is 0. The average Bonchev–Trinajstić information content (AvgIpc) is 2.12. The largest absolute Gasteiger partial charge is 0.335 e. The SMILES string of the molecule is CC(C)(C)c1ccc(N2c3cc(N4c5ccc(C(C)(C)C)cc5C5(C)CCCCC45C)cc4c3B(c3cc(C(C)(C)C)cc5c3N4C3(C)CCCCC53C)c3c2ccc2c3sc3ccc(C(C)(C)C)cc32)c(-c2ccccc2)c1. The maximum absolute atomic E-state index is 2.99. The van der Waals surface area contributed by atoms with E-state index in [9.17, 15) is 0 Å². The first-order valence-electron chi connectivity index (χ1n) is 30.3. The van der Waals surface area contributed by atoms with Crippen LogP contribution in [0.1, 0.15) is 196 Å². The summed E-state index contributed by atoms with van der Waals surface area (Å²) in [5, 5.41) is 2.76. The van der Waals surface area contributed by atoms with Gasteiger partial charge in [-0.3, -0.25) is 0 Å². The highest BCUT2D eigenvalue weighted by Gasteiger charge is 2.63. The third-order valence-electron chi connectivity index (χ3n) is 21.8. The van der Waals surface area contributed by atoms with Crippen LogP contribution < -0.4 is 31.1 Å². The van der Waals surface area contributed by atoms with E-state index in [1.807, 2.05) is 11.3 Å². The number of fused-ring (bicyclic) bond motifs is 14. The van der Waals surface area contributed by atoms with Crippen LogP contribution in [0.2, 0.25) is 0 Å². The van der Waals surface area contributed by atoms with Gasteiger partial charge in [0.25, 0.3) is 6.71 Å². The molecule has 2 fully saturated rings. The van der Waals surface area contributed by atoms with Gasteiger partial charge >= 0.3 is 0 Å². The van der Waals surface area contributed by atoms with Crippen LogP contribution in [0.4, 0.5) is 39.8 Å². The van der Waals surface area contributed by atoms with Gasteiger partial charge in [0.2, 0.25) is 0 Å². The van der Waals surface area contributed by atoms with E-state index in [0.29, 0.717) is 0 Å². The van der Waals surface area contributed by atoms with Crippen LogP contribution in [-0.4, -0.2) is 17.8 Å². The summed E-state index contributed by atoms with van der Waals surface area (Å²) in [5.41, 5.74) is 24.9. The van der Waals surface area contributed by atoms with E-state index in [1.54, 1.807) is 5.56 Å². The second-order valence-electron chi connectivity index (χ2n) is 30.4. The Kier molecular flexibility index (Phi) is 10.7. The molecule has 4 atom stereocenters. The number of nitrogens with zero attached hydrogens (tertiary/aromatic N) is 3. The van der Waals surface area contributed by atoms with E-state index in [2.05, 4.69) is 247 Å². The molecule has 79 heavy (non-hydrogen) atoms. The van der Waals surface area contributed by atoms with E-state index in [0.717, 1.165) is 12.8 Å². The monoisotopic (exact) mass is 1060 g/mol. The lowest BCUT2D eigenvalue weighted by atomic mass is 9.33. The zero-order valence-electron chi connectivity index (χ0n) is 50.5. The Balaban J connectivity index is 1.16. The van der Waals surface area contributed by atoms with Gasteiger partial charge in [0.15, 0.2) is 0 Å². The van der Waals surface area contributed by atoms with Gasteiger partial charge in [-0.15, -0.1) is 11.3 Å². The molecule has 0 saturated heterocycles. The number of rotatable bonds is 3. The molecule has 3 nitrogen and oxygen atoms in total. The van der Waals surface area contributed by atoms with Crippen LogP contribution in [0.5, 0.6) is 0 Å². The lowest BCUT2D eigenvalue weighted by Crippen LogP contribution is -2.64. The van der Waals surface area contributed by atoms with Gasteiger partial charge < -0.3 is 14.7 Å². The minimum Gasteiger partial charge on any atom is -0.335 e. The zero-order chi connectivity index (χ0) is 55.5. The van der Waals surface area contributed by atoms with Crippen LogP contribution >= 0.6 is 11.3 Å². The molecule has 0 radical (unpaired) electrons. The van der Waals surface area contributed by atoms with Gasteiger partial charge in [-0.2, -0.15) is 0 Å². The minimum absolute atomic E-state index is 0.00793. The third-order valence-corrected chi connectivity index (χ3v) is 23.0. The Morgan fingerprint density at radius 1 is 0.443 bits per heavy atom. The fourth-order valence-electron chi connectivity index (χ4n) is 16.6. The van der Waals surface area contributed by atoms with Gasteiger partial charge in [-0.1, -0.05) is 195 Å². The van der Waals surface area contributed by atoms with Crippen molar-refractivity contribution in [2.75, 3.05) is 14.7 Å². The molecule has 1 aromatic heterocycles. The highest BCUT2D eigenvalue weighted by Crippen LogP contribution is 2.66. The molecule has 5 heterocycles. The number of benzene rings is 7. The van der Waals surface area contributed by atoms with E-state index in [1.165, 1.54) is 154 Å². The quantitative estimate of drug-likeness (QED) is 0.163. The maximum atomic E-state index is 2.99. The van der Waals surface area contributed by atoms with Crippen molar-refractivity contribution in [2.24, 2.45) is 0 Å². The summed E-state index contributed by atoms with van der Waals surface area (Å²) >= 11 is 2.03. The molecule has 0 N–H and O–H groups in total. The lowest BCUT2D eigenvalue weighted by molar-refractivity contribution is 0.194. The molecule has 404 valence electrons. The Bertz CT molecular complexity index is 3890. The summed E-state index contributed by atoms with van der Waals surface area (Å²) < 4.78 is 2.79. The van der Waals surface area contributed by atoms with Crippen molar-refractivity contribution in [3.05, 3.63) is 155 Å². The highest BCUT2D eigenvalue weighted by atomic mass is 32.1. The number of thiophene rings is 1. The zero-order valence-corrected chi connectivity index (χ0v) is 51.3. The number of anilines is 7. The van der Waals surface area contributed by atoms with Gasteiger partial charge in [-0.05, 0) is 170 Å². The predicted octanol–water partition coefficient (Wildman–Crippen LogP) is 19.0. The Hall–Kier alpha value is -5.78. The van der Waals surface area contributed by atoms with Crippen molar-refractivity contribution in [1.82, 2.24) is 0 Å². The fraction of sp³-hybridized carbons (Fsp3) is 0.432. The van der Waals surface area contributed by atoms with Crippen molar-refractivity contribution < 1.29 is 0 Å². The maximum Gasteiger partial charge on any atom is 0.254 e. The van der Waals surface area contributed by atoms with Gasteiger partial charge in [0, 0.05) is 65.3 Å². The second-order valence-corrected chi connectivity index (χ2v) is 31.5. The van der Waals surface area contributed by atoms with Gasteiger partial charge in [0.05, 0.1) is 16.8 Å². The molecule has 7 aromatic carbocycles. The lowest BCUT2D eigenvalue weighted by Gasteiger charge is -2.54. The molecule has 5 heteroatoms. The molecule has 2 aliphatic carbocycles. The summed E-state index contributed by atoms with van der Waals surface area (Å²) in [6, 6.07) is 49.7. The second kappa shape index (κ2) is 16.5. The summed E-state index contributed by atoms with van der Waals surface area (Å²) in [4.78, 5) is 8.68. The first-order valence-corrected chi connectivity index (χ1v) is 31.1. The smallest absolute Gasteiger partial charge is 0.254 e. The van der Waals surface area contributed by atoms with Crippen LogP contribution in [0.3, 0.4) is 0 Å². The number of hydrogen-bond acceptors (Lipinski definition) is 4. The van der Waals surface area contributed by atoms with E-state index in [-0.39, 0.29) is 50.3 Å². The van der Waals surface area contributed by atoms with Crippen molar-refractivity contribution >= 4 is 94.4 Å². The summed E-state index contributed by atoms with van der Waals surface area (Å²) in [7, 11) is 0. The Morgan fingerprint density at radius 2 is 0.987 bits per heavy atom. The van der Waals surface area contributed by atoms with Crippen LogP contribution in [0.15, 0.2) is 121 Å². The molecule has 0 amide bonds. The molecule has 4 unspecified atom stereocenters. The van der Waals surface area contributed by atoms with Gasteiger partial charge in [0.1, 0.15) is 0 Å². The predicted molar refractivity (Wildman–Crippen MR) is 345 cm³/mol. The fourth-order valence-corrected chi connectivity index (χ4v) is 17.8. The summed E-state index contributed by atoms with van der Waals surface area (Å²) in [5.74, 6) is 0. The standard InChI is InChI=1S/C74H84BN3S/c1-67(2,3)46-26-30-57(52(38-46)45-24-18-17-19-25-45)76-59-32-29-51-53-39-47(68(4,5)6)28-33-62(53)79-66(51)64(59)75-56-42-49(70(10,11)12)41-55-65(56)78(74(16)37-23-21-35-72(55,74)14)61-44-50(43-60(76)63(61)75)77-58-31-27-48(69(7,8)9)40-54(58)71(13)34-20-22-36-73(71,77)15/h17-19,24-33,38-44H,20-23,34-37H2,1-16H3. The normalized spacial score (nSPS) is 24.2. The van der Waals surface area contributed by atoms with E-state index >= 15 is 0 Å². The highest BCUT2D eigenvalue weighted by molar-refractivity contribution is 7.28. The van der Waals surface area contributed by atoms with E-state index < -0.39 is 0 Å². The molecular weight excluding hydrogens is 974 g/mol. The van der Waals surface area contributed by atoms with Crippen molar-refractivity contribution in [3.8, 4) is 11.1 Å². The first-order chi connectivity index (χ1) is 37.2. The molecule has 14 rings (SSSR count). The molecule has 6 aliphatic rings. The minimum atomic E-state index is -0.133. The Morgan fingerprint density at radius 3 is 1.65 bits per heavy atom. The van der Waals surface area contributed by atoms with E-state index in [4.69, 9.17) is 0 Å². The summed E-state index contributed by atoms with van der Waals surface area (Å²) in [6.45, 7) is 39.3. The first kappa shape index (κ1) is 51.4. The molecule has 0 bridgehead atoms. The molecule has 4 aliphatic heterocycles. The van der Waals surface area contributed by atoms with Crippen LogP contribution in [0.25, 0.3) is 31.3 Å². The summed E-state index contributed by atoms with van der Waals surface area (Å²) in [6.07, 6.45) is 9.70. The van der Waals surface area contributed by atoms with Crippen molar-refractivity contribution in [2.45, 2.75) is 206 Å². The van der Waals surface area contributed by atoms with Crippen molar-refractivity contribution in [1.29, 1.82) is 0 Å². The molecular formula is C74H84BN3S. The molecule has 0 spiro atoms. The van der Waals surface area contributed by atoms with Crippen LogP contribution in [0, 0.1) is 0 Å².